The highest BCUT2D eigenvalue weighted by Crippen LogP contribution is 2.27. The third-order valence-electron chi connectivity index (χ3n) is 2.65. The molecule has 0 heterocycles. The quantitative estimate of drug-likeness (QED) is 0.745. The van der Waals surface area contributed by atoms with Gasteiger partial charge in [-0.15, -0.1) is 0 Å². The first-order chi connectivity index (χ1) is 5.96. The van der Waals surface area contributed by atoms with Gasteiger partial charge in [0.25, 0.3) is 0 Å². The molecule has 0 bridgehead atoms. The Morgan fingerprint density at radius 3 is 2.31 bits per heavy atom. The maximum absolute atomic E-state index is 13.4. The second kappa shape index (κ2) is 3.46. The average Bonchev–Trinajstić information content (AvgIpc) is 2.04. The fourth-order valence-electron chi connectivity index (χ4n) is 1.21. The van der Waals surface area contributed by atoms with Gasteiger partial charge < -0.3 is 5.73 Å². The third kappa shape index (κ3) is 1.89. The molecule has 1 rings (SSSR count). The molecular weight excluding hydrogens is 165 g/mol. The maximum atomic E-state index is 13.4. The van der Waals surface area contributed by atoms with E-state index >= 15 is 0 Å². The molecule has 1 aromatic carbocycles. The molecule has 72 valence electrons. The van der Waals surface area contributed by atoms with Gasteiger partial charge in [-0.2, -0.15) is 0 Å². The molecule has 1 aromatic rings. The van der Waals surface area contributed by atoms with Gasteiger partial charge in [-0.3, -0.25) is 0 Å². The van der Waals surface area contributed by atoms with Crippen LogP contribution < -0.4 is 5.73 Å². The fraction of sp³-hybridized carbons (Fsp3) is 0.455. The van der Waals surface area contributed by atoms with Crippen LogP contribution in [0.4, 0.5) is 4.39 Å². The highest BCUT2D eigenvalue weighted by molar-refractivity contribution is 5.25. The smallest absolute Gasteiger partial charge is 0.128 e. The van der Waals surface area contributed by atoms with Crippen LogP contribution in [0.1, 0.15) is 26.3 Å². The van der Waals surface area contributed by atoms with Crippen molar-refractivity contribution in [3.8, 4) is 0 Å². The molecule has 0 saturated heterocycles. The Morgan fingerprint density at radius 1 is 1.31 bits per heavy atom. The second-order valence-corrected chi connectivity index (χ2v) is 3.92. The van der Waals surface area contributed by atoms with Crippen LogP contribution in [0.15, 0.2) is 24.3 Å². The van der Waals surface area contributed by atoms with E-state index in [1.54, 1.807) is 12.1 Å². The summed E-state index contributed by atoms with van der Waals surface area (Å²) in [6.07, 6.45) is 0. The predicted molar refractivity (Wildman–Crippen MR) is 52.8 cm³/mol. The molecular formula is C11H16FN. The van der Waals surface area contributed by atoms with Crippen LogP contribution in [0.2, 0.25) is 0 Å². The molecule has 1 atom stereocenters. The summed E-state index contributed by atoms with van der Waals surface area (Å²) >= 11 is 0. The Morgan fingerprint density at radius 2 is 1.85 bits per heavy atom. The van der Waals surface area contributed by atoms with Gasteiger partial charge in [0.2, 0.25) is 0 Å². The highest BCUT2D eigenvalue weighted by atomic mass is 19.1. The van der Waals surface area contributed by atoms with E-state index in [1.165, 1.54) is 6.07 Å². The van der Waals surface area contributed by atoms with E-state index < -0.39 is 5.54 Å². The summed E-state index contributed by atoms with van der Waals surface area (Å²) in [7, 11) is 0. The largest absolute Gasteiger partial charge is 0.321 e. The molecule has 0 radical (unpaired) electrons. The molecule has 1 nitrogen and oxygen atoms in total. The van der Waals surface area contributed by atoms with Gasteiger partial charge in [-0.05, 0) is 18.9 Å². The zero-order valence-electron chi connectivity index (χ0n) is 8.34. The summed E-state index contributed by atoms with van der Waals surface area (Å²) in [6, 6.07) is 6.68. The average molecular weight is 181 g/mol. The molecule has 2 heteroatoms. The molecule has 0 aliphatic heterocycles. The minimum atomic E-state index is -0.592. The van der Waals surface area contributed by atoms with Crippen molar-refractivity contribution in [2.45, 2.75) is 26.3 Å². The van der Waals surface area contributed by atoms with E-state index in [9.17, 15) is 4.39 Å². The monoisotopic (exact) mass is 181 g/mol. The summed E-state index contributed by atoms with van der Waals surface area (Å²) < 4.78 is 13.4. The zero-order valence-corrected chi connectivity index (χ0v) is 8.34. The second-order valence-electron chi connectivity index (χ2n) is 3.92. The number of halogens is 1. The highest BCUT2D eigenvalue weighted by Gasteiger charge is 2.27. The van der Waals surface area contributed by atoms with Gasteiger partial charge in [0.15, 0.2) is 0 Å². The fourth-order valence-corrected chi connectivity index (χ4v) is 1.21. The van der Waals surface area contributed by atoms with E-state index in [2.05, 4.69) is 0 Å². The summed E-state index contributed by atoms with van der Waals surface area (Å²) in [5.41, 5.74) is 6.04. The molecule has 0 spiro atoms. The summed E-state index contributed by atoms with van der Waals surface area (Å²) in [5.74, 6) is -0.00870. The van der Waals surface area contributed by atoms with Crippen LogP contribution in [0.3, 0.4) is 0 Å². The number of hydrogen-bond donors (Lipinski definition) is 1. The van der Waals surface area contributed by atoms with Crippen LogP contribution in [0.25, 0.3) is 0 Å². The molecule has 13 heavy (non-hydrogen) atoms. The number of nitrogens with two attached hydrogens (primary N) is 1. The predicted octanol–water partition coefficient (Wildman–Crippen LogP) is 2.66. The van der Waals surface area contributed by atoms with E-state index in [0.717, 1.165) is 0 Å². The van der Waals surface area contributed by atoms with E-state index in [1.807, 2.05) is 26.8 Å². The van der Waals surface area contributed by atoms with Crippen molar-refractivity contribution in [2.24, 2.45) is 11.7 Å². The standard InChI is InChI=1S/C11H16FN/c1-8(2)11(3,13)9-6-4-5-7-10(9)12/h4-8H,13H2,1-3H3. The first-order valence-electron chi connectivity index (χ1n) is 4.50. The van der Waals surface area contributed by atoms with Crippen LogP contribution in [-0.2, 0) is 5.54 Å². The van der Waals surface area contributed by atoms with Crippen molar-refractivity contribution in [3.63, 3.8) is 0 Å². The normalized spacial score (nSPS) is 15.8. The molecule has 0 aliphatic rings. The summed E-state index contributed by atoms with van der Waals surface area (Å²) in [5, 5.41) is 0. The topological polar surface area (TPSA) is 26.0 Å². The lowest BCUT2D eigenvalue weighted by Gasteiger charge is -2.29. The lowest BCUT2D eigenvalue weighted by Crippen LogP contribution is -2.39. The Hall–Kier alpha value is -0.890. The lowest BCUT2D eigenvalue weighted by molar-refractivity contribution is 0.337. The van der Waals surface area contributed by atoms with Crippen molar-refractivity contribution in [3.05, 3.63) is 35.6 Å². The van der Waals surface area contributed by atoms with Crippen molar-refractivity contribution in [2.75, 3.05) is 0 Å². The summed E-state index contributed by atoms with van der Waals surface area (Å²) in [6.45, 7) is 5.84. The van der Waals surface area contributed by atoms with Gasteiger partial charge in [-0.1, -0.05) is 32.0 Å². The maximum Gasteiger partial charge on any atom is 0.128 e. The van der Waals surface area contributed by atoms with Crippen LogP contribution >= 0.6 is 0 Å². The SMILES string of the molecule is CC(C)C(C)(N)c1ccccc1F. The van der Waals surface area contributed by atoms with E-state index in [4.69, 9.17) is 5.73 Å². The van der Waals surface area contributed by atoms with Gasteiger partial charge in [0.1, 0.15) is 5.82 Å². The Kier molecular flexibility index (Phi) is 2.71. The van der Waals surface area contributed by atoms with E-state index in [-0.39, 0.29) is 11.7 Å². The molecule has 0 aromatic heterocycles. The molecule has 2 N–H and O–H groups in total. The molecule has 0 fully saturated rings. The molecule has 0 saturated carbocycles. The van der Waals surface area contributed by atoms with Gasteiger partial charge >= 0.3 is 0 Å². The van der Waals surface area contributed by atoms with Crippen LogP contribution in [-0.4, -0.2) is 0 Å². The van der Waals surface area contributed by atoms with Gasteiger partial charge in [0, 0.05) is 11.1 Å². The number of benzene rings is 1. The zero-order chi connectivity index (χ0) is 10.1. The van der Waals surface area contributed by atoms with Crippen LogP contribution in [0, 0.1) is 11.7 Å². The minimum Gasteiger partial charge on any atom is -0.321 e. The molecule has 1 unspecified atom stereocenters. The summed E-state index contributed by atoms with van der Waals surface area (Å²) in [4.78, 5) is 0. The number of hydrogen-bond acceptors (Lipinski definition) is 1. The lowest BCUT2D eigenvalue weighted by atomic mass is 9.82. The van der Waals surface area contributed by atoms with E-state index in [0.29, 0.717) is 5.56 Å². The van der Waals surface area contributed by atoms with Crippen molar-refractivity contribution >= 4 is 0 Å². The first-order valence-corrected chi connectivity index (χ1v) is 4.50. The Labute approximate surface area is 78.8 Å². The van der Waals surface area contributed by atoms with Crippen molar-refractivity contribution in [1.82, 2.24) is 0 Å². The van der Waals surface area contributed by atoms with Gasteiger partial charge in [-0.25, -0.2) is 4.39 Å². The third-order valence-corrected chi connectivity index (χ3v) is 2.65. The van der Waals surface area contributed by atoms with Crippen molar-refractivity contribution in [1.29, 1.82) is 0 Å². The first kappa shape index (κ1) is 10.2. The van der Waals surface area contributed by atoms with Crippen molar-refractivity contribution < 1.29 is 4.39 Å². The Bertz CT molecular complexity index is 292. The van der Waals surface area contributed by atoms with Crippen LogP contribution in [0.5, 0.6) is 0 Å². The molecule has 0 amide bonds. The Balaban J connectivity index is 3.14. The minimum absolute atomic E-state index is 0.212. The van der Waals surface area contributed by atoms with Gasteiger partial charge in [0.05, 0.1) is 0 Å². The number of rotatable bonds is 2. The molecule has 0 aliphatic carbocycles.